The van der Waals surface area contributed by atoms with Crippen LogP contribution in [-0.2, 0) is 10.3 Å². The van der Waals surface area contributed by atoms with Crippen LogP contribution in [-0.4, -0.2) is 13.0 Å². The van der Waals surface area contributed by atoms with Gasteiger partial charge in [-0.15, -0.1) is 0 Å². The molecule has 0 spiro atoms. The van der Waals surface area contributed by atoms with Crippen molar-refractivity contribution in [3.8, 4) is 0 Å². The fraction of sp³-hybridized carbons (Fsp3) is 0.417. The molecule has 1 fully saturated rings. The highest BCUT2D eigenvalue weighted by Crippen LogP contribution is 2.50. The molecule has 3 heteroatoms. The Balaban J connectivity index is 2.50. The standard InChI is InChI=1S/C12H15NO2/c1-8-9(11(13)14)4-3-5-10(8)12(15-2)6-7-12/h3-5H,6-7H2,1-2H3,(H2,13,14). The first-order valence-corrected chi connectivity index (χ1v) is 5.06. The van der Waals surface area contributed by atoms with E-state index in [4.69, 9.17) is 10.5 Å². The molecule has 2 N–H and O–H groups in total. The lowest BCUT2D eigenvalue weighted by Gasteiger charge is -2.17. The Morgan fingerprint density at radius 1 is 1.47 bits per heavy atom. The van der Waals surface area contributed by atoms with Crippen molar-refractivity contribution in [1.82, 2.24) is 0 Å². The summed E-state index contributed by atoms with van der Waals surface area (Å²) >= 11 is 0. The Kier molecular flexibility index (Phi) is 2.27. The Labute approximate surface area is 89.2 Å². The van der Waals surface area contributed by atoms with Crippen molar-refractivity contribution < 1.29 is 9.53 Å². The molecule has 15 heavy (non-hydrogen) atoms. The highest BCUT2D eigenvalue weighted by Gasteiger charge is 2.45. The van der Waals surface area contributed by atoms with E-state index in [0.717, 1.165) is 24.0 Å². The second kappa shape index (κ2) is 3.35. The van der Waals surface area contributed by atoms with E-state index in [1.165, 1.54) is 0 Å². The number of amides is 1. The predicted molar refractivity (Wildman–Crippen MR) is 57.6 cm³/mol. The normalized spacial score (nSPS) is 17.5. The van der Waals surface area contributed by atoms with Gasteiger partial charge >= 0.3 is 0 Å². The third kappa shape index (κ3) is 1.53. The van der Waals surface area contributed by atoms with E-state index < -0.39 is 0 Å². The molecular weight excluding hydrogens is 190 g/mol. The van der Waals surface area contributed by atoms with Crippen LogP contribution in [0, 0.1) is 6.92 Å². The summed E-state index contributed by atoms with van der Waals surface area (Å²) < 4.78 is 5.50. The number of hydrogen-bond acceptors (Lipinski definition) is 2. The van der Waals surface area contributed by atoms with Crippen LogP contribution in [0.3, 0.4) is 0 Å². The minimum atomic E-state index is -0.374. The minimum Gasteiger partial charge on any atom is -0.374 e. The molecule has 0 aromatic heterocycles. The summed E-state index contributed by atoms with van der Waals surface area (Å²) in [6.07, 6.45) is 2.04. The van der Waals surface area contributed by atoms with Gasteiger partial charge < -0.3 is 10.5 Å². The van der Waals surface area contributed by atoms with Crippen molar-refractivity contribution in [1.29, 1.82) is 0 Å². The van der Waals surface area contributed by atoms with Crippen LogP contribution < -0.4 is 5.73 Å². The van der Waals surface area contributed by atoms with E-state index in [1.54, 1.807) is 13.2 Å². The summed E-state index contributed by atoms with van der Waals surface area (Å²) in [7, 11) is 1.71. The molecule has 0 heterocycles. The maximum absolute atomic E-state index is 11.2. The number of benzene rings is 1. The van der Waals surface area contributed by atoms with Crippen LogP contribution in [0.4, 0.5) is 0 Å². The molecule has 2 rings (SSSR count). The van der Waals surface area contributed by atoms with Gasteiger partial charge in [-0.2, -0.15) is 0 Å². The van der Waals surface area contributed by atoms with Crippen molar-refractivity contribution in [2.45, 2.75) is 25.4 Å². The number of rotatable bonds is 3. The first kappa shape index (κ1) is 10.2. The lowest BCUT2D eigenvalue weighted by Crippen LogP contribution is -2.17. The van der Waals surface area contributed by atoms with Gasteiger partial charge in [-0.1, -0.05) is 12.1 Å². The van der Waals surface area contributed by atoms with E-state index in [2.05, 4.69) is 0 Å². The highest BCUT2D eigenvalue weighted by molar-refractivity contribution is 5.94. The lowest BCUT2D eigenvalue weighted by molar-refractivity contribution is 0.0782. The summed E-state index contributed by atoms with van der Waals surface area (Å²) in [4.78, 5) is 11.2. The number of methoxy groups -OCH3 is 1. The van der Waals surface area contributed by atoms with E-state index in [9.17, 15) is 4.79 Å². The monoisotopic (exact) mass is 205 g/mol. The van der Waals surface area contributed by atoms with Crippen molar-refractivity contribution in [2.75, 3.05) is 7.11 Å². The molecule has 0 saturated heterocycles. The van der Waals surface area contributed by atoms with Crippen molar-refractivity contribution >= 4 is 5.91 Å². The van der Waals surface area contributed by atoms with Crippen molar-refractivity contribution in [3.63, 3.8) is 0 Å². The van der Waals surface area contributed by atoms with Gasteiger partial charge in [0.1, 0.15) is 0 Å². The van der Waals surface area contributed by atoms with Gasteiger partial charge in [0.15, 0.2) is 0 Å². The maximum Gasteiger partial charge on any atom is 0.248 e. The second-order valence-corrected chi connectivity index (χ2v) is 4.04. The fourth-order valence-corrected chi connectivity index (χ4v) is 2.09. The number of carbonyl (C=O) groups excluding carboxylic acids is 1. The molecule has 1 amide bonds. The van der Waals surface area contributed by atoms with Crippen LogP contribution in [0.5, 0.6) is 0 Å². The number of primary amides is 1. The van der Waals surface area contributed by atoms with Gasteiger partial charge in [-0.3, -0.25) is 4.79 Å². The quantitative estimate of drug-likeness (QED) is 0.817. The van der Waals surface area contributed by atoms with Crippen LogP contribution in [0.1, 0.15) is 34.3 Å². The van der Waals surface area contributed by atoms with Gasteiger partial charge in [-0.05, 0) is 37.0 Å². The zero-order valence-corrected chi connectivity index (χ0v) is 9.04. The van der Waals surface area contributed by atoms with Gasteiger partial charge in [0.25, 0.3) is 0 Å². The number of ether oxygens (including phenoxy) is 1. The number of carbonyl (C=O) groups is 1. The van der Waals surface area contributed by atoms with Gasteiger partial charge in [-0.25, -0.2) is 0 Å². The average Bonchev–Trinajstić information content (AvgIpc) is 2.98. The molecule has 0 radical (unpaired) electrons. The maximum atomic E-state index is 11.2. The summed E-state index contributed by atoms with van der Waals surface area (Å²) in [5, 5.41) is 0. The summed E-state index contributed by atoms with van der Waals surface area (Å²) in [6.45, 7) is 1.93. The molecule has 1 aliphatic rings. The van der Waals surface area contributed by atoms with Crippen LogP contribution in [0.15, 0.2) is 18.2 Å². The van der Waals surface area contributed by atoms with E-state index in [0.29, 0.717) is 5.56 Å². The SMILES string of the molecule is COC1(c2cccc(C(N)=O)c2C)CC1. The fourth-order valence-electron chi connectivity index (χ4n) is 2.09. The molecule has 3 nitrogen and oxygen atoms in total. The predicted octanol–water partition coefficient (Wildman–Crippen LogP) is 1.73. The summed E-state index contributed by atoms with van der Waals surface area (Å²) in [6, 6.07) is 5.63. The first-order valence-electron chi connectivity index (χ1n) is 5.06. The topological polar surface area (TPSA) is 52.3 Å². The lowest BCUT2D eigenvalue weighted by atomic mass is 9.96. The molecule has 1 saturated carbocycles. The van der Waals surface area contributed by atoms with Crippen molar-refractivity contribution in [3.05, 3.63) is 34.9 Å². The Morgan fingerprint density at radius 2 is 2.13 bits per heavy atom. The summed E-state index contributed by atoms with van der Waals surface area (Å²) in [5.74, 6) is -0.374. The van der Waals surface area contributed by atoms with E-state index in [-0.39, 0.29) is 11.5 Å². The number of hydrogen-bond donors (Lipinski definition) is 1. The largest absolute Gasteiger partial charge is 0.374 e. The van der Waals surface area contributed by atoms with Crippen LogP contribution >= 0.6 is 0 Å². The Bertz CT molecular complexity index is 408. The van der Waals surface area contributed by atoms with Crippen molar-refractivity contribution in [2.24, 2.45) is 5.73 Å². The third-order valence-electron chi connectivity index (χ3n) is 3.18. The Morgan fingerprint density at radius 3 is 2.60 bits per heavy atom. The van der Waals surface area contributed by atoms with Gasteiger partial charge in [0.05, 0.1) is 5.60 Å². The zero-order chi connectivity index (χ0) is 11.1. The molecule has 1 aromatic rings. The zero-order valence-electron chi connectivity index (χ0n) is 9.04. The smallest absolute Gasteiger partial charge is 0.248 e. The Hall–Kier alpha value is -1.35. The van der Waals surface area contributed by atoms with Crippen LogP contribution in [0.25, 0.3) is 0 Å². The molecule has 0 aliphatic heterocycles. The third-order valence-corrected chi connectivity index (χ3v) is 3.18. The molecule has 0 atom stereocenters. The molecular formula is C12H15NO2. The van der Waals surface area contributed by atoms with Crippen LogP contribution in [0.2, 0.25) is 0 Å². The average molecular weight is 205 g/mol. The minimum absolute atomic E-state index is 0.157. The van der Waals surface area contributed by atoms with E-state index in [1.807, 2.05) is 19.1 Å². The molecule has 1 aliphatic carbocycles. The molecule has 0 bridgehead atoms. The number of nitrogens with two attached hydrogens (primary N) is 1. The van der Waals surface area contributed by atoms with Gasteiger partial charge in [0.2, 0.25) is 5.91 Å². The molecule has 0 unspecified atom stereocenters. The summed E-state index contributed by atoms with van der Waals surface area (Å²) in [5.41, 5.74) is 7.79. The second-order valence-electron chi connectivity index (χ2n) is 4.04. The van der Waals surface area contributed by atoms with E-state index >= 15 is 0 Å². The first-order chi connectivity index (χ1) is 7.10. The molecule has 1 aromatic carbocycles. The molecule has 80 valence electrons. The highest BCUT2D eigenvalue weighted by atomic mass is 16.5. The van der Waals surface area contributed by atoms with Gasteiger partial charge in [0, 0.05) is 12.7 Å².